The van der Waals surface area contributed by atoms with Crippen molar-refractivity contribution in [2.45, 2.75) is 134 Å². The third-order valence-electron chi connectivity index (χ3n) is 12.0. The van der Waals surface area contributed by atoms with Crippen LogP contribution in [0.1, 0.15) is 73.3 Å². The number of aliphatic hydroxyl groups is 2. The van der Waals surface area contributed by atoms with Crippen molar-refractivity contribution in [2.75, 3.05) is 20.6 Å². The van der Waals surface area contributed by atoms with Gasteiger partial charge in [0.15, 0.2) is 17.7 Å². The number of alkyl halides is 1. The third kappa shape index (κ3) is 9.31. The summed E-state index contributed by atoms with van der Waals surface area (Å²) in [4.78, 5) is 70.2. The molecule has 0 bridgehead atoms. The minimum atomic E-state index is -3.33. The van der Waals surface area contributed by atoms with Gasteiger partial charge in [0, 0.05) is 42.3 Å². The van der Waals surface area contributed by atoms with Crippen molar-refractivity contribution in [3.8, 4) is 11.3 Å². The summed E-state index contributed by atoms with van der Waals surface area (Å²) in [6.07, 6.45) is -5.57. The monoisotopic (exact) mass is 815 g/mol. The molecule has 1 aromatic carbocycles. The van der Waals surface area contributed by atoms with E-state index in [0.29, 0.717) is 17.7 Å². The summed E-state index contributed by atoms with van der Waals surface area (Å²) >= 11 is 0. The lowest BCUT2D eigenvalue weighted by atomic mass is 9.73. The van der Waals surface area contributed by atoms with Crippen LogP contribution in [0, 0.1) is 17.8 Å². The Bertz CT molecular complexity index is 1820. The quantitative estimate of drug-likeness (QED) is 0.212. The molecule has 320 valence electrons. The summed E-state index contributed by atoms with van der Waals surface area (Å²) in [5, 5.41) is 28.8. The number of esters is 1. The first-order valence-electron chi connectivity index (χ1n) is 19.8. The average molecular weight is 816 g/mol. The number of amides is 2. The number of furan rings is 1. The summed E-state index contributed by atoms with van der Waals surface area (Å²) in [6.45, 7) is 9.57. The Morgan fingerprint density at radius 3 is 2.38 bits per heavy atom. The Labute approximate surface area is 338 Å². The number of cyclic esters (lactones) is 1. The number of carbonyl (C=O) groups excluding carboxylic acids is 5. The molecule has 16 heteroatoms. The van der Waals surface area contributed by atoms with E-state index in [1.807, 2.05) is 12.1 Å². The lowest BCUT2D eigenvalue weighted by Gasteiger charge is -2.46. The molecule has 3 aliphatic rings. The molecule has 1 aromatic heterocycles. The zero-order valence-corrected chi connectivity index (χ0v) is 34.7. The van der Waals surface area contributed by atoms with Gasteiger partial charge in [0.25, 0.3) is 5.67 Å². The van der Waals surface area contributed by atoms with Crippen LogP contribution in [0.4, 0.5) is 9.18 Å². The van der Waals surface area contributed by atoms with E-state index in [2.05, 4.69) is 10.6 Å². The van der Waals surface area contributed by atoms with Crippen LogP contribution in [-0.4, -0.2) is 125 Å². The van der Waals surface area contributed by atoms with Gasteiger partial charge in [-0.15, -0.1) is 0 Å². The highest BCUT2D eigenvalue weighted by atomic mass is 19.1. The van der Waals surface area contributed by atoms with Gasteiger partial charge < -0.3 is 49.1 Å². The Hall–Kier alpha value is -4.22. The van der Waals surface area contributed by atoms with Gasteiger partial charge in [-0.3, -0.25) is 14.4 Å². The molecule has 2 amide bonds. The Balaban J connectivity index is 1.45. The number of benzene rings is 1. The maximum Gasteiger partial charge on any atom is 0.408 e. The van der Waals surface area contributed by atoms with Gasteiger partial charge in [-0.2, -0.15) is 0 Å². The van der Waals surface area contributed by atoms with E-state index >= 15 is 4.39 Å². The molecule has 3 fully saturated rings. The normalized spacial score (nSPS) is 37.7. The molecule has 15 nitrogen and oxygen atoms in total. The van der Waals surface area contributed by atoms with Crippen molar-refractivity contribution in [1.82, 2.24) is 15.5 Å². The maximum absolute atomic E-state index is 16.9. The van der Waals surface area contributed by atoms with E-state index in [0.717, 1.165) is 12.5 Å². The molecule has 0 radical (unpaired) electrons. The van der Waals surface area contributed by atoms with Gasteiger partial charge in [-0.05, 0) is 72.3 Å². The zero-order chi connectivity index (χ0) is 42.9. The van der Waals surface area contributed by atoms with Crippen molar-refractivity contribution >= 4 is 29.5 Å². The van der Waals surface area contributed by atoms with Gasteiger partial charge in [0.2, 0.25) is 5.91 Å². The number of nitrogens with zero attached hydrogens (tertiary/aromatic N) is 1. The fourth-order valence-corrected chi connectivity index (χ4v) is 8.80. The van der Waals surface area contributed by atoms with E-state index in [1.165, 1.54) is 27.0 Å². The second-order valence-corrected chi connectivity index (χ2v) is 17.0. The minimum Gasteiger partial charge on any atom is -0.464 e. The molecule has 5 rings (SSSR count). The van der Waals surface area contributed by atoms with E-state index in [1.54, 1.807) is 64.0 Å². The van der Waals surface area contributed by atoms with Gasteiger partial charge in [0.05, 0.1) is 36.5 Å². The first kappa shape index (κ1) is 44.9. The largest absolute Gasteiger partial charge is 0.464 e. The molecular formula is C42H58FN3O12. The summed E-state index contributed by atoms with van der Waals surface area (Å²) < 4.78 is 46.1. The van der Waals surface area contributed by atoms with Crippen LogP contribution in [0.15, 0.2) is 47.1 Å². The molecule has 58 heavy (non-hydrogen) atoms. The Morgan fingerprint density at radius 2 is 1.72 bits per heavy atom. The number of alkyl carbamates (subject to hydrolysis) is 1. The van der Waals surface area contributed by atoms with E-state index < -0.39 is 107 Å². The van der Waals surface area contributed by atoms with Crippen molar-refractivity contribution in [3.05, 3.63) is 48.2 Å². The Kier molecular flexibility index (Phi) is 13.6. The standard InChI is InChI=1S/C42H58FN3O12/c1-22-21-40(5,53)36(57-37-33(49)28(46(8)9)19-23(2)55-37)25(4)35(50)41(6,43)38(51)56-30(42(7)34(24(3)32(22)48)45-39(52)58-42)16-17-44-31(47)20-26-13-10-11-14-27(26)29-15-12-18-54-29/h10-15,18,22-25,28,30,33-34,36-37,49,53H,16-17,19-21H2,1-9H3,(H,44,47)(H,45,52)/t22-,23-,24+,25+,28+,30-,33-,34+,36-,37+,40-,41+,42-/m1/s1. The molecule has 3 aliphatic heterocycles. The zero-order valence-electron chi connectivity index (χ0n) is 34.7. The van der Waals surface area contributed by atoms with E-state index in [4.69, 9.17) is 23.4 Å². The number of hydrogen-bond donors (Lipinski definition) is 4. The first-order valence-corrected chi connectivity index (χ1v) is 19.8. The molecular weight excluding hydrogens is 757 g/mol. The topological polar surface area (TPSA) is 203 Å². The van der Waals surface area contributed by atoms with Gasteiger partial charge in [-0.25, -0.2) is 14.0 Å². The van der Waals surface area contributed by atoms with E-state index in [9.17, 15) is 34.2 Å². The summed E-state index contributed by atoms with van der Waals surface area (Å²) in [5.74, 6) is -6.63. The molecule has 0 saturated carbocycles. The fourth-order valence-electron chi connectivity index (χ4n) is 8.80. The molecule has 3 saturated heterocycles. The number of Topliss-reactive ketones (excluding diaryl/α,β-unsaturated/α-hetero) is 2. The highest BCUT2D eigenvalue weighted by Crippen LogP contribution is 2.40. The van der Waals surface area contributed by atoms with Crippen LogP contribution in [-0.2, 0) is 44.5 Å². The molecule has 0 spiro atoms. The molecule has 0 unspecified atom stereocenters. The summed E-state index contributed by atoms with van der Waals surface area (Å²) in [5.41, 5.74) is -5.74. The first-order chi connectivity index (χ1) is 27.1. The second kappa shape index (κ2) is 17.6. The van der Waals surface area contributed by atoms with Gasteiger partial charge in [0.1, 0.15) is 23.8 Å². The van der Waals surface area contributed by atoms with Crippen LogP contribution in [0.3, 0.4) is 0 Å². The lowest BCUT2D eigenvalue weighted by molar-refractivity contribution is -0.293. The van der Waals surface area contributed by atoms with Gasteiger partial charge in [-0.1, -0.05) is 45.0 Å². The third-order valence-corrected chi connectivity index (χ3v) is 12.0. The number of rotatable bonds is 9. The molecule has 13 atom stereocenters. The van der Waals surface area contributed by atoms with Crippen LogP contribution < -0.4 is 10.6 Å². The molecule has 4 N–H and O–H groups in total. The highest BCUT2D eigenvalue weighted by molar-refractivity contribution is 6.08. The molecule has 4 heterocycles. The number of carbonyl (C=O) groups is 5. The van der Waals surface area contributed by atoms with Gasteiger partial charge >= 0.3 is 12.1 Å². The summed E-state index contributed by atoms with van der Waals surface area (Å²) in [7, 11) is 3.54. The van der Waals surface area contributed by atoms with Crippen molar-refractivity contribution in [1.29, 1.82) is 0 Å². The number of fused-ring (bicyclic) bond motifs is 1. The lowest BCUT2D eigenvalue weighted by Crippen LogP contribution is -2.61. The van der Waals surface area contributed by atoms with Crippen molar-refractivity contribution in [3.63, 3.8) is 0 Å². The number of hydrogen-bond acceptors (Lipinski definition) is 13. The summed E-state index contributed by atoms with van der Waals surface area (Å²) in [6, 6.07) is 9.16. The highest BCUT2D eigenvalue weighted by Gasteiger charge is 2.59. The van der Waals surface area contributed by atoms with Crippen LogP contribution >= 0.6 is 0 Å². The van der Waals surface area contributed by atoms with Crippen molar-refractivity contribution < 1.29 is 61.9 Å². The van der Waals surface area contributed by atoms with Crippen LogP contribution in [0.25, 0.3) is 11.3 Å². The van der Waals surface area contributed by atoms with Crippen LogP contribution in [0.2, 0.25) is 0 Å². The number of nitrogens with one attached hydrogen (secondary N) is 2. The average Bonchev–Trinajstić information content (AvgIpc) is 3.80. The minimum absolute atomic E-state index is 0.0409. The predicted molar refractivity (Wildman–Crippen MR) is 207 cm³/mol. The number of ketones is 2. The predicted octanol–water partition coefficient (Wildman–Crippen LogP) is 3.51. The number of ether oxygens (including phenoxy) is 4. The fraction of sp³-hybridized carbons (Fsp3) is 0.643. The Morgan fingerprint density at radius 1 is 1.03 bits per heavy atom. The SMILES string of the molecule is C[C@@H]1C[C@H](N(C)C)[C@@H](O)[C@H](O[C@@H]2[C@@H](C)C(=O)[C@](C)(F)C(=O)O[C@H](CCNC(=O)Cc3ccccc3-c3ccco3)[C@@]3(C)OC(=O)N[C@H]3[C@@H](C)C(=O)[C@H](C)C[C@@]2(C)O)O1. The van der Waals surface area contributed by atoms with Crippen LogP contribution in [0.5, 0.6) is 0 Å². The smallest absolute Gasteiger partial charge is 0.408 e. The number of halogens is 1. The number of aliphatic hydroxyl groups excluding tert-OH is 1. The number of likely N-dealkylation sites (N-methyl/N-ethyl adjacent to an activating group) is 1. The maximum atomic E-state index is 16.9. The molecule has 2 aromatic rings. The second-order valence-electron chi connectivity index (χ2n) is 17.0. The molecule has 0 aliphatic carbocycles. The van der Waals surface area contributed by atoms with Crippen molar-refractivity contribution in [2.24, 2.45) is 17.8 Å². The van der Waals surface area contributed by atoms with E-state index in [-0.39, 0.29) is 25.8 Å².